The summed E-state index contributed by atoms with van der Waals surface area (Å²) in [6, 6.07) is 0.819. The lowest BCUT2D eigenvalue weighted by Crippen LogP contribution is -2.37. The Hall–Kier alpha value is -0.0800. The van der Waals surface area contributed by atoms with Gasteiger partial charge in [0.2, 0.25) is 0 Å². The Morgan fingerprint density at radius 1 is 1.45 bits per heavy atom. The van der Waals surface area contributed by atoms with E-state index in [1.165, 1.54) is 32.5 Å². The highest BCUT2D eigenvalue weighted by atomic mass is 15.2. The van der Waals surface area contributed by atoms with Gasteiger partial charge in [0.15, 0.2) is 0 Å². The summed E-state index contributed by atoms with van der Waals surface area (Å²) in [7, 11) is 0. The van der Waals surface area contributed by atoms with Crippen LogP contribution in [0.5, 0.6) is 0 Å². The zero-order valence-corrected chi connectivity index (χ0v) is 7.77. The molecular formula is C9H20N2. The SMILES string of the molecule is CCNCC1CCCN1CC. The van der Waals surface area contributed by atoms with E-state index in [1.807, 2.05) is 0 Å². The van der Waals surface area contributed by atoms with Crippen molar-refractivity contribution in [2.45, 2.75) is 32.7 Å². The van der Waals surface area contributed by atoms with Crippen molar-refractivity contribution in [3.8, 4) is 0 Å². The third kappa shape index (κ3) is 2.46. The molecule has 2 heteroatoms. The van der Waals surface area contributed by atoms with E-state index in [4.69, 9.17) is 0 Å². The van der Waals surface area contributed by atoms with Crippen molar-refractivity contribution in [2.75, 3.05) is 26.2 Å². The Kier molecular flexibility index (Phi) is 3.87. The molecule has 0 spiro atoms. The van der Waals surface area contributed by atoms with Crippen molar-refractivity contribution < 1.29 is 0 Å². The molecule has 0 amide bonds. The molecule has 0 saturated carbocycles. The average Bonchev–Trinajstić information content (AvgIpc) is 2.47. The van der Waals surface area contributed by atoms with Crippen LogP contribution in [0.15, 0.2) is 0 Å². The molecule has 1 fully saturated rings. The first-order valence-electron chi connectivity index (χ1n) is 4.83. The molecule has 1 atom stereocenters. The molecule has 0 aromatic heterocycles. The molecule has 1 unspecified atom stereocenters. The second kappa shape index (κ2) is 4.73. The van der Waals surface area contributed by atoms with Crippen LogP contribution in [0.3, 0.4) is 0 Å². The molecule has 0 aromatic carbocycles. The maximum atomic E-state index is 3.41. The molecule has 0 bridgehead atoms. The third-order valence-electron chi connectivity index (χ3n) is 2.54. The standard InChI is InChI=1S/C9H20N2/c1-3-10-8-9-6-5-7-11(9)4-2/h9-10H,3-8H2,1-2H3. The maximum Gasteiger partial charge on any atom is 0.0220 e. The van der Waals surface area contributed by atoms with Gasteiger partial charge in [0.1, 0.15) is 0 Å². The topological polar surface area (TPSA) is 15.3 Å². The minimum absolute atomic E-state index is 0.819. The lowest BCUT2D eigenvalue weighted by Gasteiger charge is -2.22. The molecule has 1 aliphatic rings. The van der Waals surface area contributed by atoms with Crippen molar-refractivity contribution in [1.29, 1.82) is 0 Å². The number of likely N-dealkylation sites (N-methyl/N-ethyl adjacent to an activating group) is 2. The van der Waals surface area contributed by atoms with Crippen molar-refractivity contribution >= 4 is 0 Å². The third-order valence-corrected chi connectivity index (χ3v) is 2.54. The molecule has 1 aliphatic heterocycles. The Bertz CT molecular complexity index is 104. The van der Waals surface area contributed by atoms with Crippen LogP contribution in [0, 0.1) is 0 Å². The number of hydrogen-bond acceptors (Lipinski definition) is 2. The number of rotatable bonds is 4. The molecule has 66 valence electrons. The maximum absolute atomic E-state index is 3.41. The zero-order valence-electron chi connectivity index (χ0n) is 7.77. The van der Waals surface area contributed by atoms with Crippen LogP contribution in [0.2, 0.25) is 0 Å². The molecule has 1 saturated heterocycles. The van der Waals surface area contributed by atoms with Crippen LogP contribution in [-0.2, 0) is 0 Å². The minimum atomic E-state index is 0.819. The van der Waals surface area contributed by atoms with Gasteiger partial charge in [-0.3, -0.25) is 4.90 Å². The highest BCUT2D eigenvalue weighted by Crippen LogP contribution is 2.15. The van der Waals surface area contributed by atoms with Gasteiger partial charge in [-0.15, -0.1) is 0 Å². The second-order valence-electron chi connectivity index (χ2n) is 3.23. The van der Waals surface area contributed by atoms with E-state index in [-0.39, 0.29) is 0 Å². The lowest BCUT2D eigenvalue weighted by molar-refractivity contribution is 0.261. The summed E-state index contributed by atoms with van der Waals surface area (Å²) in [4.78, 5) is 2.57. The summed E-state index contributed by atoms with van der Waals surface area (Å²) in [5.74, 6) is 0. The Morgan fingerprint density at radius 2 is 2.27 bits per heavy atom. The van der Waals surface area contributed by atoms with Gasteiger partial charge in [0.05, 0.1) is 0 Å². The van der Waals surface area contributed by atoms with E-state index in [9.17, 15) is 0 Å². The quantitative estimate of drug-likeness (QED) is 0.655. The van der Waals surface area contributed by atoms with Crippen LogP contribution in [-0.4, -0.2) is 37.1 Å². The first kappa shape index (κ1) is 9.01. The van der Waals surface area contributed by atoms with Crippen molar-refractivity contribution in [1.82, 2.24) is 10.2 Å². The van der Waals surface area contributed by atoms with Crippen LogP contribution < -0.4 is 5.32 Å². The number of nitrogens with zero attached hydrogens (tertiary/aromatic N) is 1. The minimum Gasteiger partial charge on any atom is -0.315 e. The van der Waals surface area contributed by atoms with Gasteiger partial charge in [-0.1, -0.05) is 13.8 Å². The lowest BCUT2D eigenvalue weighted by atomic mass is 10.2. The summed E-state index contributed by atoms with van der Waals surface area (Å²) in [5, 5.41) is 3.41. The van der Waals surface area contributed by atoms with E-state index in [0.29, 0.717) is 0 Å². The van der Waals surface area contributed by atoms with Gasteiger partial charge in [-0.25, -0.2) is 0 Å². The first-order valence-corrected chi connectivity index (χ1v) is 4.83. The van der Waals surface area contributed by atoms with Crippen molar-refractivity contribution in [3.63, 3.8) is 0 Å². The van der Waals surface area contributed by atoms with Crippen molar-refractivity contribution in [3.05, 3.63) is 0 Å². The molecule has 0 aliphatic carbocycles. The first-order chi connectivity index (χ1) is 5.38. The summed E-state index contributed by atoms with van der Waals surface area (Å²) in [5.41, 5.74) is 0. The smallest absolute Gasteiger partial charge is 0.0220 e. The predicted molar refractivity (Wildman–Crippen MR) is 48.8 cm³/mol. The fourth-order valence-corrected chi connectivity index (χ4v) is 1.85. The fraction of sp³-hybridized carbons (Fsp3) is 1.00. The van der Waals surface area contributed by atoms with Gasteiger partial charge >= 0.3 is 0 Å². The molecule has 1 N–H and O–H groups in total. The largest absolute Gasteiger partial charge is 0.315 e. The predicted octanol–water partition coefficient (Wildman–Crippen LogP) is 1.08. The second-order valence-corrected chi connectivity index (χ2v) is 3.23. The average molecular weight is 156 g/mol. The van der Waals surface area contributed by atoms with E-state index in [0.717, 1.165) is 12.6 Å². The van der Waals surface area contributed by atoms with E-state index < -0.39 is 0 Å². The van der Waals surface area contributed by atoms with E-state index >= 15 is 0 Å². The van der Waals surface area contributed by atoms with Gasteiger partial charge in [-0.05, 0) is 32.5 Å². The molecular weight excluding hydrogens is 136 g/mol. The highest BCUT2D eigenvalue weighted by molar-refractivity contribution is 4.79. The van der Waals surface area contributed by atoms with Gasteiger partial charge in [-0.2, -0.15) is 0 Å². The van der Waals surface area contributed by atoms with Crippen LogP contribution >= 0.6 is 0 Å². The summed E-state index contributed by atoms with van der Waals surface area (Å²) in [6.45, 7) is 9.25. The van der Waals surface area contributed by atoms with E-state index in [2.05, 4.69) is 24.1 Å². The highest BCUT2D eigenvalue weighted by Gasteiger charge is 2.21. The Labute approximate surface area is 70.0 Å². The van der Waals surface area contributed by atoms with Crippen molar-refractivity contribution in [2.24, 2.45) is 0 Å². The monoisotopic (exact) mass is 156 g/mol. The summed E-state index contributed by atoms with van der Waals surface area (Å²) in [6.07, 6.45) is 2.78. The van der Waals surface area contributed by atoms with Crippen LogP contribution in [0.25, 0.3) is 0 Å². The number of hydrogen-bond donors (Lipinski definition) is 1. The zero-order chi connectivity index (χ0) is 8.10. The van der Waals surface area contributed by atoms with Gasteiger partial charge in [0.25, 0.3) is 0 Å². The molecule has 11 heavy (non-hydrogen) atoms. The summed E-state index contributed by atoms with van der Waals surface area (Å²) >= 11 is 0. The van der Waals surface area contributed by atoms with Crippen LogP contribution in [0.4, 0.5) is 0 Å². The van der Waals surface area contributed by atoms with Crippen LogP contribution in [0.1, 0.15) is 26.7 Å². The molecule has 0 radical (unpaired) electrons. The molecule has 1 rings (SSSR count). The summed E-state index contributed by atoms with van der Waals surface area (Å²) < 4.78 is 0. The van der Waals surface area contributed by atoms with Gasteiger partial charge in [0, 0.05) is 12.6 Å². The molecule has 0 aromatic rings. The number of nitrogens with one attached hydrogen (secondary N) is 1. The Balaban J connectivity index is 2.20. The normalized spacial score (nSPS) is 26.2. The fourth-order valence-electron chi connectivity index (χ4n) is 1.85. The van der Waals surface area contributed by atoms with Gasteiger partial charge < -0.3 is 5.32 Å². The number of likely N-dealkylation sites (tertiary alicyclic amines) is 1. The Morgan fingerprint density at radius 3 is 2.91 bits per heavy atom. The molecule has 1 heterocycles. The molecule has 2 nitrogen and oxygen atoms in total. The van der Waals surface area contributed by atoms with E-state index in [1.54, 1.807) is 0 Å².